The maximum atomic E-state index is 12.7. The van der Waals surface area contributed by atoms with E-state index in [1.807, 2.05) is 19.1 Å². The summed E-state index contributed by atoms with van der Waals surface area (Å²) in [4.78, 5) is 18.6. The number of halogens is 2. The Morgan fingerprint density at radius 2 is 2.21 bits per heavy atom. The maximum absolute atomic E-state index is 12.7. The Hall–Kier alpha value is -1.27. The van der Waals surface area contributed by atoms with E-state index >= 15 is 0 Å². The van der Waals surface area contributed by atoms with E-state index in [4.69, 9.17) is 0 Å². The van der Waals surface area contributed by atoms with Gasteiger partial charge in [0, 0.05) is 17.6 Å². The highest BCUT2D eigenvalue weighted by Gasteiger charge is 2.15. The van der Waals surface area contributed by atoms with Gasteiger partial charge >= 0.3 is 0 Å². The van der Waals surface area contributed by atoms with Gasteiger partial charge in [0.05, 0.1) is 15.9 Å². The molecular formula is C13H12BrFN2OS. The van der Waals surface area contributed by atoms with Crippen LogP contribution in [0.3, 0.4) is 0 Å². The van der Waals surface area contributed by atoms with E-state index in [9.17, 15) is 9.18 Å². The Bertz CT molecular complexity index is 570. The molecule has 100 valence electrons. The minimum atomic E-state index is -0.582. The van der Waals surface area contributed by atoms with Crippen LogP contribution in [0, 0.1) is 5.95 Å². The summed E-state index contributed by atoms with van der Waals surface area (Å²) in [7, 11) is 0. The molecule has 0 fully saturated rings. The van der Waals surface area contributed by atoms with Crippen LogP contribution in [0.1, 0.15) is 22.2 Å². The Kier molecular flexibility index (Phi) is 4.66. The fourth-order valence-electron chi connectivity index (χ4n) is 1.64. The SMILES string of the molecule is CCN(Cc1ccc(Br)s1)C(=O)c1ccc(F)nc1. The van der Waals surface area contributed by atoms with Crippen molar-refractivity contribution < 1.29 is 9.18 Å². The number of carbonyl (C=O) groups excluding carboxylic acids is 1. The topological polar surface area (TPSA) is 33.2 Å². The van der Waals surface area contributed by atoms with Crippen molar-refractivity contribution in [3.05, 3.63) is 50.6 Å². The molecule has 2 aromatic heterocycles. The molecule has 0 radical (unpaired) electrons. The van der Waals surface area contributed by atoms with Gasteiger partial charge in [-0.1, -0.05) is 0 Å². The van der Waals surface area contributed by atoms with Gasteiger partial charge in [0.2, 0.25) is 5.95 Å². The van der Waals surface area contributed by atoms with Crippen molar-refractivity contribution in [2.45, 2.75) is 13.5 Å². The first kappa shape index (κ1) is 14.1. The van der Waals surface area contributed by atoms with Gasteiger partial charge in [0.25, 0.3) is 5.91 Å². The number of hydrogen-bond acceptors (Lipinski definition) is 3. The van der Waals surface area contributed by atoms with Crippen LogP contribution in [0.25, 0.3) is 0 Å². The molecule has 0 saturated carbocycles. The summed E-state index contributed by atoms with van der Waals surface area (Å²) in [5.74, 6) is -0.721. The van der Waals surface area contributed by atoms with Gasteiger partial charge in [-0.15, -0.1) is 11.3 Å². The number of amides is 1. The van der Waals surface area contributed by atoms with Gasteiger partial charge in [0.1, 0.15) is 0 Å². The molecule has 0 N–H and O–H groups in total. The van der Waals surface area contributed by atoms with Crippen molar-refractivity contribution in [2.24, 2.45) is 0 Å². The van der Waals surface area contributed by atoms with Crippen LogP contribution in [0.2, 0.25) is 0 Å². The van der Waals surface area contributed by atoms with E-state index in [1.54, 1.807) is 16.2 Å². The first-order valence-corrected chi connectivity index (χ1v) is 7.36. The second kappa shape index (κ2) is 6.25. The third-order valence-corrected chi connectivity index (χ3v) is 4.23. The van der Waals surface area contributed by atoms with E-state index in [0.717, 1.165) is 8.66 Å². The summed E-state index contributed by atoms with van der Waals surface area (Å²) < 4.78 is 13.8. The van der Waals surface area contributed by atoms with E-state index in [1.165, 1.54) is 18.3 Å². The molecule has 0 saturated heterocycles. The molecule has 0 atom stereocenters. The van der Waals surface area contributed by atoms with Crippen molar-refractivity contribution in [2.75, 3.05) is 6.54 Å². The molecule has 0 aliphatic rings. The number of hydrogen-bond donors (Lipinski definition) is 0. The lowest BCUT2D eigenvalue weighted by Gasteiger charge is -2.19. The fraction of sp³-hybridized carbons (Fsp3) is 0.231. The summed E-state index contributed by atoms with van der Waals surface area (Å²) in [5, 5.41) is 0. The van der Waals surface area contributed by atoms with Crippen LogP contribution in [0.15, 0.2) is 34.2 Å². The molecule has 2 heterocycles. The maximum Gasteiger partial charge on any atom is 0.255 e. The highest BCUT2D eigenvalue weighted by atomic mass is 79.9. The van der Waals surface area contributed by atoms with Crippen LogP contribution in [-0.4, -0.2) is 22.3 Å². The Labute approximate surface area is 123 Å². The van der Waals surface area contributed by atoms with Crippen LogP contribution >= 0.6 is 27.3 Å². The summed E-state index contributed by atoms with van der Waals surface area (Å²) in [6, 6.07) is 6.59. The normalized spacial score (nSPS) is 10.5. The predicted molar refractivity (Wildman–Crippen MR) is 76.6 cm³/mol. The third kappa shape index (κ3) is 3.61. The largest absolute Gasteiger partial charge is 0.334 e. The number of carbonyl (C=O) groups is 1. The molecule has 2 aromatic rings. The predicted octanol–water partition coefficient (Wildman–Crippen LogP) is 3.71. The van der Waals surface area contributed by atoms with Crippen LogP contribution in [0.4, 0.5) is 4.39 Å². The average Bonchev–Trinajstić information content (AvgIpc) is 2.81. The van der Waals surface area contributed by atoms with Gasteiger partial charge in [0.15, 0.2) is 0 Å². The molecule has 0 bridgehead atoms. The zero-order chi connectivity index (χ0) is 13.8. The summed E-state index contributed by atoms with van der Waals surface area (Å²) in [6.45, 7) is 3.05. The van der Waals surface area contributed by atoms with Gasteiger partial charge in [-0.3, -0.25) is 4.79 Å². The van der Waals surface area contributed by atoms with Gasteiger partial charge in [-0.2, -0.15) is 4.39 Å². The molecule has 3 nitrogen and oxygen atoms in total. The highest BCUT2D eigenvalue weighted by molar-refractivity contribution is 9.11. The lowest BCUT2D eigenvalue weighted by atomic mass is 10.2. The van der Waals surface area contributed by atoms with E-state index in [0.29, 0.717) is 18.7 Å². The Balaban J connectivity index is 2.12. The van der Waals surface area contributed by atoms with Crippen LogP contribution < -0.4 is 0 Å². The van der Waals surface area contributed by atoms with Crippen molar-refractivity contribution in [1.29, 1.82) is 0 Å². The zero-order valence-corrected chi connectivity index (χ0v) is 12.7. The van der Waals surface area contributed by atoms with Crippen molar-refractivity contribution in [3.63, 3.8) is 0 Å². The number of nitrogens with zero attached hydrogens (tertiary/aromatic N) is 2. The first-order valence-electron chi connectivity index (χ1n) is 5.75. The molecule has 0 aromatic carbocycles. The number of thiophene rings is 1. The summed E-state index contributed by atoms with van der Waals surface area (Å²) in [6.07, 6.45) is 1.27. The minimum absolute atomic E-state index is 0.139. The van der Waals surface area contributed by atoms with E-state index in [-0.39, 0.29) is 5.91 Å². The molecule has 0 spiro atoms. The van der Waals surface area contributed by atoms with Gasteiger partial charge < -0.3 is 4.90 Å². The van der Waals surface area contributed by atoms with Crippen LogP contribution in [0.5, 0.6) is 0 Å². The van der Waals surface area contributed by atoms with Crippen molar-refractivity contribution in [1.82, 2.24) is 9.88 Å². The van der Waals surface area contributed by atoms with Gasteiger partial charge in [-0.05, 0) is 47.1 Å². The standard InChI is InChI=1S/C13H12BrFN2OS/c1-2-17(8-10-4-5-11(14)19-10)13(18)9-3-6-12(15)16-7-9/h3-7H,2,8H2,1H3. The zero-order valence-electron chi connectivity index (χ0n) is 10.3. The second-order valence-corrected chi connectivity index (χ2v) is 6.44. The number of aromatic nitrogens is 1. The Morgan fingerprint density at radius 1 is 1.42 bits per heavy atom. The third-order valence-electron chi connectivity index (χ3n) is 2.62. The minimum Gasteiger partial charge on any atom is -0.334 e. The first-order chi connectivity index (χ1) is 9.10. The molecule has 1 amide bonds. The van der Waals surface area contributed by atoms with Crippen LogP contribution in [-0.2, 0) is 6.54 Å². The van der Waals surface area contributed by atoms with Crippen molar-refractivity contribution in [3.8, 4) is 0 Å². The second-order valence-electron chi connectivity index (χ2n) is 3.89. The van der Waals surface area contributed by atoms with Gasteiger partial charge in [-0.25, -0.2) is 4.98 Å². The number of rotatable bonds is 4. The molecule has 19 heavy (non-hydrogen) atoms. The molecule has 0 aliphatic carbocycles. The fourth-order valence-corrected chi connectivity index (χ4v) is 3.14. The molecule has 6 heteroatoms. The molecular weight excluding hydrogens is 331 g/mol. The molecule has 2 rings (SSSR count). The lowest BCUT2D eigenvalue weighted by molar-refractivity contribution is 0.0753. The Morgan fingerprint density at radius 3 is 2.74 bits per heavy atom. The monoisotopic (exact) mass is 342 g/mol. The molecule has 0 aliphatic heterocycles. The lowest BCUT2D eigenvalue weighted by Crippen LogP contribution is -2.30. The average molecular weight is 343 g/mol. The summed E-state index contributed by atoms with van der Waals surface area (Å²) in [5.41, 5.74) is 0.402. The number of pyridine rings is 1. The van der Waals surface area contributed by atoms with Crippen molar-refractivity contribution >= 4 is 33.2 Å². The highest BCUT2D eigenvalue weighted by Crippen LogP contribution is 2.23. The quantitative estimate of drug-likeness (QED) is 0.793. The van der Waals surface area contributed by atoms with E-state index in [2.05, 4.69) is 20.9 Å². The smallest absolute Gasteiger partial charge is 0.255 e. The van der Waals surface area contributed by atoms with E-state index < -0.39 is 5.95 Å². The molecule has 0 unspecified atom stereocenters. The summed E-state index contributed by atoms with van der Waals surface area (Å²) >= 11 is 4.99.